The van der Waals surface area contributed by atoms with Gasteiger partial charge in [-0.25, -0.2) is 0 Å². The molecule has 0 amide bonds. The van der Waals surface area contributed by atoms with Crippen molar-refractivity contribution in [3.05, 3.63) is 58.8 Å². The second-order valence-corrected chi connectivity index (χ2v) is 4.88. The molecule has 2 aromatic carbocycles. The molecule has 0 aliphatic carbocycles. The lowest BCUT2D eigenvalue weighted by Crippen LogP contribution is -2.22. The van der Waals surface area contributed by atoms with E-state index < -0.39 is 0 Å². The molecular formula is C15H14N6O3. The second kappa shape index (κ2) is 6.65. The van der Waals surface area contributed by atoms with E-state index in [-0.39, 0.29) is 12.6 Å². The predicted octanol–water partition coefficient (Wildman–Crippen LogP) is 0.647. The number of guanidine groups is 1. The van der Waals surface area contributed by atoms with E-state index in [0.717, 1.165) is 11.1 Å². The summed E-state index contributed by atoms with van der Waals surface area (Å²) in [7, 11) is 0. The van der Waals surface area contributed by atoms with E-state index in [1.165, 1.54) is 6.21 Å². The van der Waals surface area contributed by atoms with Crippen molar-refractivity contribution in [2.45, 2.75) is 6.61 Å². The number of nitrogens with zero attached hydrogens (tertiary/aromatic N) is 4. The van der Waals surface area contributed by atoms with Crippen LogP contribution in [0.3, 0.4) is 0 Å². The highest BCUT2D eigenvalue weighted by molar-refractivity contribution is 5.82. The van der Waals surface area contributed by atoms with Gasteiger partial charge in [0, 0.05) is 11.2 Å². The maximum atomic E-state index is 11.4. The number of rotatable bonds is 5. The van der Waals surface area contributed by atoms with Crippen LogP contribution in [0.1, 0.15) is 11.1 Å². The van der Waals surface area contributed by atoms with Gasteiger partial charge < -0.3 is 21.4 Å². The predicted molar refractivity (Wildman–Crippen MR) is 87.1 cm³/mol. The number of fused-ring (bicyclic) bond motifs is 1. The van der Waals surface area contributed by atoms with E-state index in [0.29, 0.717) is 21.7 Å². The summed E-state index contributed by atoms with van der Waals surface area (Å²) >= 11 is 0. The second-order valence-electron chi connectivity index (χ2n) is 4.88. The first-order chi connectivity index (χ1) is 11.6. The number of ether oxygens (including phenoxy) is 1. The highest BCUT2D eigenvalue weighted by Gasteiger charge is 2.09. The third-order valence-corrected chi connectivity index (χ3v) is 3.09. The zero-order valence-electron chi connectivity index (χ0n) is 12.5. The van der Waals surface area contributed by atoms with Crippen LogP contribution in [0, 0.1) is 5.21 Å². The van der Waals surface area contributed by atoms with Gasteiger partial charge in [-0.15, -0.1) is 5.10 Å². The highest BCUT2D eigenvalue weighted by Crippen LogP contribution is 2.16. The Hall–Kier alpha value is -3.62. The summed E-state index contributed by atoms with van der Waals surface area (Å²) in [5.74, 6) is 0.530. The average molecular weight is 326 g/mol. The van der Waals surface area contributed by atoms with Crippen LogP contribution < -0.4 is 21.1 Å². The molecule has 122 valence electrons. The summed E-state index contributed by atoms with van der Waals surface area (Å²) in [5, 5.41) is 22.3. The van der Waals surface area contributed by atoms with Crippen molar-refractivity contribution in [1.82, 2.24) is 5.16 Å². The van der Waals surface area contributed by atoms with Gasteiger partial charge in [-0.2, -0.15) is 5.10 Å². The number of nitrogens with two attached hydrogens (primary N) is 2. The summed E-state index contributed by atoms with van der Waals surface area (Å²) < 4.78 is 10.2. The highest BCUT2D eigenvalue weighted by atomic mass is 16.8. The van der Waals surface area contributed by atoms with Crippen molar-refractivity contribution in [1.29, 1.82) is 0 Å². The Bertz CT molecular complexity index is 914. The SMILES string of the molecule is NC(N)=N/N=C/c1cccc(OCc2ccc3no[n+]([O-])c3c2)c1. The standard InChI is InChI=1S/C15H14N6O3/c16-15(17)19-18-8-10-2-1-3-12(6-10)23-9-11-4-5-13-14(7-11)21(22)24-20-13/h1-8H,9H2,(H4,16,17,19)/b18-8+. The third-order valence-electron chi connectivity index (χ3n) is 3.09. The Morgan fingerprint density at radius 2 is 2.17 bits per heavy atom. The molecule has 0 bridgehead atoms. The Balaban J connectivity index is 1.70. The van der Waals surface area contributed by atoms with Crippen LogP contribution in [-0.4, -0.2) is 17.3 Å². The lowest BCUT2D eigenvalue weighted by molar-refractivity contribution is -0.782. The molecule has 0 fully saturated rings. The molecule has 0 aliphatic heterocycles. The summed E-state index contributed by atoms with van der Waals surface area (Å²) in [5.41, 5.74) is 12.8. The van der Waals surface area contributed by atoms with Gasteiger partial charge in [0.1, 0.15) is 12.4 Å². The number of hydrogen-bond acceptors (Lipinski definition) is 6. The van der Waals surface area contributed by atoms with Crippen LogP contribution in [0.25, 0.3) is 11.0 Å². The van der Waals surface area contributed by atoms with E-state index in [1.807, 2.05) is 24.3 Å². The molecule has 24 heavy (non-hydrogen) atoms. The molecule has 3 aromatic rings. The van der Waals surface area contributed by atoms with E-state index in [2.05, 4.69) is 20.0 Å². The largest absolute Gasteiger partial charge is 0.489 e. The lowest BCUT2D eigenvalue weighted by Gasteiger charge is -2.06. The lowest BCUT2D eigenvalue weighted by atomic mass is 10.2. The van der Waals surface area contributed by atoms with Gasteiger partial charge in [-0.05, 0) is 34.2 Å². The summed E-state index contributed by atoms with van der Waals surface area (Å²) in [6.07, 6.45) is 1.51. The normalized spacial score (nSPS) is 11.0. The monoisotopic (exact) mass is 326 g/mol. The minimum atomic E-state index is -0.113. The molecule has 0 saturated heterocycles. The van der Waals surface area contributed by atoms with Gasteiger partial charge in [0.15, 0.2) is 0 Å². The van der Waals surface area contributed by atoms with Gasteiger partial charge >= 0.3 is 0 Å². The van der Waals surface area contributed by atoms with Gasteiger partial charge in [-0.1, -0.05) is 18.2 Å². The van der Waals surface area contributed by atoms with E-state index in [1.54, 1.807) is 18.2 Å². The zero-order valence-corrected chi connectivity index (χ0v) is 12.5. The third kappa shape index (κ3) is 3.58. The van der Waals surface area contributed by atoms with Gasteiger partial charge in [0.25, 0.3) is 0 Å². The van der Waals surface area contributed by atoms with Crippen molar-refractivity contribution < 1.29 is 14.3 Å². The summed E-state index contributed by atoms with van der Waals surface area (Å²) in [4.78, 5) is 0.361. The van der Waals surface area contributed by atoms with Crippen LogP contribution in [0.2, 0.25) is 0 Å². The molecule has 1 aromatic heterocycles. The molecule has 9 nitrogen and oxygen atoms in total. The molecule has 0 radical (unpaired) electrons. The van der Waals surface area contributed by atoms with E-state index in [4.69, 9.17) is 16.2 Å². The van der Waals surface area contributed by atoms with Crippen molar-refractivity contribution in [2.24, 2.45) is 21.7 Å². The number of benzene rings is 2. The summed E-state index contributed by atoms with van der Waals surface area (Å²) in [6, 6.07) is 12.4. The molecule has 1 heterocycles. The molecule has 0 spiro atoms. The van der Waals surface area contributed by atoms with Crippen molar-refractivity contribution in [3.63, 3.8) is 0 Å². The summed E-state index contributed by atoms with van der Waals surface area (Å²) in [6.45, 7) is 0.287. The maximum absolute atomic E-state index is 11.4. The van der Waals surface area contributed by atoms with Crippen molar-refractivity contribution in [3.8, 4) is 5.75 Å². The Morgan fingerprint density at radius 3 is 3.00 bits per heavy atom. The average Bonchev–Trinajstić information content (AvgIpc) is 2.94. The minimum Gasteiger partial charge on any atom is -0.489 e. The molecule has 0 aliphatic rings. The first-order valence-corrected chi connectivity index (χ1v) is 6.95. The fourth-order valence-electron chi connectivity index (χ4n) is 2.02. The van der Waals surface area contributed by atoms with Crippen LogP contribution in [0.5, 0.6) is 5.75 Å². The Kier molecular flexibility index (Phi) is 4.23. The van der Waals surface area contributed by atoms with Crippen LogP contribution in [0.15, 0.2) is 57.3 Å². The molecule has 3 rings (SSSR count). The molecule has 9 heteroatoms. The first kappa shape index (κ1) is 15.3. The quantitative estimate of drug-likeness (QED) is 0.305. The van der Waals surface area contributed by atoms with Crippen molar-refractivity contribution in [2.75, 3.05) is 0 Å². The van der Waals surface area contributed by atoms with Crippen LogP contribution in [0.4, 0.5) is 0 Å². The van der Waals surface area contributed by atoms with Crippen LogP contribution >= 0.6 is 0 Å². The minimum absolute atomic E-state index is 0.113. The maximum Gasteiger partial charge on any atom is 0.248 e. The molecule has 4 N–H and O–H groups in total. The number of aromatic nitrogens is 2. The fourth-order valence-corrected chi connectivity index (χ4v) is 2.02. The zero-order chi connectivity index (χ0) is 16.9. The smallest absolute Gasteiger partial charge is 0.248 e. The molecule has 0 unspecified atom stereocenters. The Morgan fingerprint density at radius 1 is 1.29 bits per heavy atom. The van der Waals surface area contributed by atoms with Gasteiger partial charge in [0.2, 0.25) is 17.0 Å². The molecular weight excluding hydrogens is 312 g/mol. The van der Waals surface area contributed by atoms with Gasteiger partial charge in [0.05, 0.1) is 6.21 Å². The van der Waals surface area contributed by atoms with E-state index in [9.17, 15) is 5.21 Å². The molecule has 0 atom stereocenters. The van der Waals surface area contributed by atoms with E-state index >= 15 is 0 Å². The van der Waals surface area contributed by atoms with Gasteiger partial charge in [-0.3, -0.25) is 4.63 Å². The molecule has 0 saturated carbocycles. The van der Waals surface area contributed by atoms with Crippen LogP contribution in [-0.2, 0) is 6.61 Å². The fraction of sp³-hybridized carbons (Fsp3) is 0.0667. The topological polar surface area (TPSA) is 139 Å². The number of hydrogen-bond donors (Lipinski definition) is 2. The van der Waals surface area contributed by atoms with Crippen molar-refractivity contribution >= 4 is 23.2 Å². The first-order valence-electron chi connectivity index (χ1n) is 6.95. The Labute approximate surface area is 136 Å².